The highest BCUT2D eigenvalue weighted by Gasteiger charge is 2.12. The second kappa shape index (κ2) is 4.41. The van der Waals surface area contributed by atoms with E-state index in [0.29, 0.717) is 5.92 Å². The van der Waals surface area contributed by atoms with Crippen molar-refractivity contribution in [1.82, 2.24) is 4.90 Å². The molecule has 0 N–H and O–H groups in total. The molecule has 0 saturated heterocycles. The Kier molecular flexibility index (Phi) is 3.48. The Morgan fingerprint density at radius 2 is 2.33 bits per heavy atom. The van der Waals surface area contributed by atoms with Crippen LogP contribution < -0.4 is 0 Å². The molecular formula is C10H17NO. The first kappa shape index (κ1) is 9.46. The molecule has 0 spiro atoms. The van der Waals surface area contributed by atoms with Crippen molar-refractivity contribution < 1.29 is 4.79 Å². The smallest absolute Gasteiger partial charge is 0.155 e. The van der Waals surface area contributed by atoms with Crippen molar-refractivity contribution in [2.75, 3.05) is 20.6 Å². The van der Waals surface area contributed by atoms with Gasteiger partial charge in [0.2, 0.25) is 0 Å². The molecule has 0 fully saturated rings. The summed E-state index contributed by atoms with van der Waals surface area (Å²) in [5, 5.41) is 0. The van der Waals surface area contributed by atoms with Crippen molar-refractivity contribution in [1.29, 1.82) is 0 Å². The number of carbonyl (C=O) groups is 1. The largest absolute Gasteiger partial charge is 0.309 e. The van der Waals surface area contributed by atoms with Gasteiger partial charge in [-0.15, -0.1) is 0 Å². The Labute approximate surface area is 74.2 Å². The molecule has 0 radical (unpaired) electrons. The van der Waals surface area contributed by atoms with Gasteiger partial charge in [0.1, 0.15) is 0 Å². The molecule has 0 amide bonds. The van der Waals surface area contributed by atoms with Crippen LogP contribution in [-0.2, 0) is 4.79 Å². The molecule has 12 heavy (non-hydrogen) atoms. The van der Waals surface area contributed by atoms with Crippen molar-refractivity contribution >= 4 is 5.78 Å². The predicted octanol–water partition coefficient (Wildman–Crippen LogP) is 1.47. The van der Waals surface area contributed by atoms with Crippen molar-refractivity contribution in [3.63, 3.8) is 0 Å². The number of nitrogens with zero attached hydrogens (tertiary/aromatic N) is 1. The molecule has 0 aliphatic heterocycles. The summed E-state index contributed by atoms with van der Waals surface area (Å²) in [4.78, 5) is 13.0. The van der Waals surface area contributed by atoms with Gasteiger partial charge in [0.25, 0.3) is 0 Å². The number of hydrogen-bond donors (Lipinski definition) is 0. The maximum Gasteiger partial charge on any atom is 0.155 e. The SMILES string of the molecule is CN(C)CCC1C=CC(=O)CC1. The molecule has 0 aromatic carbocycles. The Bertz CT molecular complexity index is 184. The topological polar surface area (TPSA) is 20.3 Å². The molecule has 68 valence electrons. The van der Waals surface area contributed by atoms with Gasteiger partial charge in [0.15, 0.2) is 5.78 Å². The summed E-state index contributed by atoms with van der Waals surface area (Å²) < 4.78 is 0. The van der Waals surface area contributed by atoms with E-state index in [9.17, 15) is 4.79 Å². The van der Waals surface area contributed by atoms with E-state index in [-0.39, 0.29) is 5.78 Å². The van der Waals surface area contributed by atoms with E-state index in [4.69, 9.17) is 0 Å². The minimum Gasteiger partial charge on any atom is -0.309 e. The van der Waals surface area contributed by atoms with E-state index in [1.165, 1.54) is 6.42 Å². The number of rotatable bonds is 3. The van der Waals surface area contributed by atoms with Gasteiger partial charge >= 0.3 is 0 Å². The Hall–Kier alpha value is -0.630. The first-order chi connectivity index (χ1) is 5.68. The van der Waals surface area contributed by atoms with E-state index < -0.39 is 0 Å². The van der Waals surface area contributed by atoms with Gasteiger partial charge in [0, 0.05) is 6.42 Å². The highest BCUT2D eigenvalue weighted by Crippen LogP contribution is 2.18. The Morgan fingerprint density at radius 1 is 1.58 bits per heavy atom. The summed E-state index contributed by atoms with van der Waals surface area (Å²) in [6.45, 7) is 1.11. The van der Waals surface area contributed by atoms with E-state index in [2.05, 4.69) is 25.1 Å². The fourth-order valence-electron chi connectivity index (χ4n) is 1.42. The minimum atomic E-state index is 0.288. The zero-order valence-electron chi connectivity index (χ0n) is 7.92. The lowest BCUT2D eigenvalue weighted by Crippen LogP contribution is -2.17. The summed E-state index contributed by atoms with van der Waals surface area (Å²) in [5.74, 6) is 0.918. The molecule has 0 aromatic rings. The third-order valence-corrected chi connectivity index (χ3v) is 2.26. The van der Waals surface area contributed by atoms with E-state index in [1.54, 1.807) is 6.08 Å². The van der Waals surface area contributed by atoms with Gasteiger partial charge in [-0.05, 0) is 45.5 Å². The van der Waals surface area contributed by atoms with Crippen LogP contribution in [0, 0.1) is 5.92 Å². The molecule has 1 aliphatic carbocycles. The third-order valence-electron chi connectivity index (χ3n) is 2.26. The quantitative estimate of drug-likeness (QED) is 0.634. The molecule has 1 atom stereocenters. The fraction of sp³-hybridized carbons (Fsp3) is 0.700. The van der Waals surface area contributed by atoms with Gasteiger partial charge in [-0.2, -0.15) is 0 Å². The molecule has 1 aliphatic rings. The number of carbonyl (C=O) groups excluding carboxylic acids is 1. The lowest BCUT2D eigenvalue weighted by atomic mass is 9.92. The van der Waals surface area contributed by atoms with Gasteiger partial charge < -0.3 is 4.90 Å². The molecule has 0 heterocycles. The predicted molar refractivity (Wildman–Crippen MR) is 50.0 cm³/mol. The van der Waals surface area contributed by atoms with Crippen molar-refractivity contribution in [2.45, 2.75) is 19.3 Å². The van der Waals surface area contributed by atoms with Crippen LogP contribution in [0.1, 0.15) is 19.3 Å². The third kappa shape index (κ3) is 3.18. The zero-order valence-corrected chi connectivity index (χ0v) is 7.92. The van der Waals surface area contributed by atoms with Crippen LogP contribution in [0.3, 0.4) is 0 Å². The monoisotopic (exact) mass is 167 g/mol. The summed E-state index contributed by atoms with van der Waals surface area (Å²) in [6.07, 6.45) is 6.77. The lowest BCUT2D eigenvalue weighted by Gasteiger charge is -2.17. The number of ketones is 1. The first-order valence-electron chi connectivity index (χ1n) is 4.54. The van der Waals surface area contributed by atoms with Crippen molar-refractivity contribution in [3.8, 4) is 0 Å². The van der Waals surface area contributed by atoms with Crippen LogP contribution in [0.2, 0.25) is 0 Å². The summed E-state index contributed by atoms with van der Waals surface area (Å²) in [6, 6.07) is 0. The molecule has 0 bridgehead atoms. The van der Waals surface area contributed by atoms with E-state index >= 15 is 0 Å². The fourth-order valence-corrected chi connectivity index (χ4v) is 1.42. The van der Waals surface area contributed by atoms with Crippen LogP contribution in [0.15, 0.2) is 12.2 Å². The highest BCUT2D eigenvalue weighted by molar-refractivity contribution is 5.90. The lowest BCUT2D eigenvalue weighted by molar-refractivity contribution is -0.115. The molecule has 2 heteroatoms. The molecular weight excluding hydrogens is 150 g/mol. The minimum absolute atomic E-state index is 0.288. The van der Waals surface area contributed by atoms with Crippen LogP contribution in [0.25, 0.3) is 0 Å². The van der Waals surface area contributed by atoms with Gasteiger partial charge in [-0.25, -0.2) is 0 Å². The Balaban J connectivity index is 2.26. The van der Waals surface area contributed by atoms with E-state index in [1.807, 2.05) is 0 Å². The second-order valence-corrected chi connectivity index (χ2v) is 3.72. The standard InChI is InChI=1S/C10H17NO/c1-11(2)8-7-9-3-5-10(12)6-4-9/h3,5,9H,4,6-8H2,1-2H3. The van der Waals surface area contributed by atoms with Gasteiger partial charge in [-0.1, -0.05) is 6.08 Å². The normalized spacial score (nSPS) is 23.6. The Morgan fingerprint density at radius 3 is 2.83 bits per heavy atom. The van der Waals surface area contributed by atoms with Crippen LogP contribution in [-0.4, -0.2) is 31.3 Å². The first-order valence-corrected chi connectivity index (χ1v) is 4.54. The van der Waals surface area contributed by atoms with Gasteiger partial charge in [0.05, 0.1) is 0 Å². The van der Waals surface area contributed by atoms with Crippen LogP contribution in [0.4, 0.5) is 0 Å². The number of allylic oxidation sites excluding steroid dienone is 2. The summed E-state index contributed by atoms with van der Waals surface area (Å²) in [7, 11) is 4.16. The maximum absolute atomic E-state index is 10.8. The van der Waals surface area contributed by atoms with E-state index in [0.717, 1.165) is 19.4 Å². The maximum atomic E-state index is 10.8. The molecule has 1 rings (SSSR count). The molecule has 0 aromatic heterocycles. The molecule has 2 nitrogen and oxygen atoms in total. The molecule has 0 saturated carbocycles. The summed E-state index contributed by atoms with van der Waals surface area (Å²) >= 11 is 0. The molecule has 1 unspecified atom stereocenters. The van der Waals surface area contributed by atoms with Crippen LogP contribution >= 0.6 is 0 Å². The van der Waals surface area contributed by atoms with Gasteiger partial charge in [-0.3, -0.25) is 4.79 Å². The second-order valence-electron chi connectivity index (χ2n) is 3.72. The average molecular weight is 167 g/mol. The van der Waals surface area contributed by atoms with Crippen molar-refractivity contribution in [3.05, 3.63) is 12.2 Å². The number of hydrogen-bond acceptors (Lipinski definition) is 2. The summed E-state index contributed by atoms with van der Waals surface area (Å²) in [5.41, 5.74) is 0. The van der Waals surface area contributed by atoms with Crippen LogP contribution in [0.5, 0.6) is 0 Å². The highest BCUT2D eigenvalue weighted by atomic mass is 16.1. The average Bonchev–Trinajstić information content (AvgIpc) is 2.03. The van der Waals surface area contributed by atoms with Crippen molar-refractivity contribution in [2.24, 2.45) is 5.92 Å². The zero-order chi connectivity index (χ0) is 8.97.